The number of aliphatic hydroxyl groups is 2. The lowest BCUT2D eigenvalue weighted by Crippen LogP contribution is -2.22. The van der Waals surface area contributed by atoms with Gasteiger partial charge in [-0.05, 0) is 57.9 Å². The van der Waals surface area contributed by atoms with Crippen LogP contribution in [0, 0.1) is 18.8 Å². The zero-order valence-electron chi connectivity index (χ0n) is 17.4. The number of nitrogens with one attached hydrogen (secondary N) is 2. The molecule has 1 aromatic rings. The number of aliphatic hydroxyl groups excluding tert-OH is 2. The van der Waals surface area contributed by atoms with Gasteiger partial charge in [0.15, 0.2) is 0 Å². The molecule has 158 valence electrons. The number of allylic oxidation sites excluding steroid dienone is 1. The Morgan fingerprint density at radius 3 is 2.59 bits per heavy atom. The molecule has 4 rings (SSSR count). The van der Waals surface area contributed by atoms with E-state index in [1.807, 2.05) is 13.8 Å². The summed E-state index contributed by atoms with van der Waals surface area (Å²) in [7, 11) is 0. The van der Waals surface area contributed by atoms with E-state index in [2.05, 4.69) is 17.6 Å². The highest BCUT2D eigenvalue weighted by molar-refractivity contribution is 8.14. The number of aryl methyl sites for hydroxylation is 1. The first-order chi connectivity index (χ1) is 13.9. The minimum atomic E-state index is -0.481. The highest BCUT2D eigenvalue weighted by Gasteiger charge is 2.33. The van der Waals surface area contributed by atoms with Gasteiger partial charge in [0.25, 0.3) is 0 Å². The van der Waals surface area contributed by atoms with Crippen LogP contribution in [0.2, 0.25) is 0 Å². The van der Waals surface area contributed by atoms with Crippen LogP contribution in [0.4, 0.5) is 11.8 Å². The van der Waals surface area contributed by atoms with E-state index in [0.717, 1.165) is 52.5 Å². The number of aromatic nitrogens is 2. The number of aliphatic imine (C=N–C) groups is 1. The number of rotatable bonds is 7. The van der Waals surface area contributed by atoms with Crippen LogP contribution >= 0.6 is 11.8 Å². The zero-order valence-corrected chi connectivity index (χ0v) is 18.2. The summed E-state index contributed by atoms with van der Waals surface area (Å²) in [6.07, 6.45) is 3.40. The van der Waals surface area contributed by atoms with Crippen molar-refractivity contribution in [2.24, 2.45) is 16.8 Å². The van der Waals surface area contributed by atoms with E-state index in [4.69, 9.17) is 15.0 Å². The number of anilines is 2. The van der Waals surface area contributed by atoms with E-state index < -0.39 is 6.10 Å². The third kappa shape index (κ3) is 4.75. The first-order valence-electron chi connectivity index (χ1n) is 10.5. The van der Waals surface area contributed by atoms with Crippen LogP contribution in [0.15, 0.2) is 16.3 Å². The molecule has 7 nitrogen and oxygen atoms in total. The molecule has 2 heterocycles. The van der Waals surface area contributed by atoms with Crippen LogP contribution < -0.4 is 10.6 Å². The molecule has 2 unspecified atom stereocenters. The van der Waals surface area contributed by atoms with Crippen LogP contribution in [0.1, 0.15) is 50.8 Å². The van der Waals surface area contributed by atoms with Crippen molar-refractivity contribution in [1.82, 2.24) is 9.97 Å². The van der Waals surface area contributed by atoms with E-state index >= 15 is 0 Å². The predicted molar refractivity (Wildman–Crippen MR) is 119 cm³/mol. The highest BCUT2D eigenvalue weighted by Crippen LogP contribution is 2.34. The summed E-state index contributed by atoms with van der Waals surface area (Å²) in [6.45, 7) is 7.08. The standard InChI is InChI=1S/C21H31N5O2S/c1-11-10-29-20(23-12(11)2)18-13(3)24-21(22-8-14-4-5-14)26-19(18)25-16-6-15(9-27)17(28)7-16/h14-17,27-28H,4-10H2,1-3H3,(H2,22,24,25,26)/t15?,16?,17-/m0/s1. The van der Waals surface area contributed by atoms with E-state index in [-0.39, 0.29) is 18.6 Å². The normalized spacial score (nSPS) is 27.2. The molecule has 1 aliphatic heterocycles. The monoisotopic (exact) mass is 417 g/mol. The minimum absolute atomic E-state index is 0.00895. The van der Waals surface area contributed by atoms with Crippen molar-refractivity contribution in [3.05, 3.63) is 22.5 Å². The average molecular weight is 418 g/mol. The molecule has 0 spiro atoms. The maximum Gasteiger partial charge on any atom is 0.224 e. The van der Waals surface area contributed by atoms with Crippen LogP contribution in [0.3, 0.4) is 0 Å². The molecule has 4 N–H and O–H groups in total. The molecule has 3 aliphatic rings. The summed E-state index contributed by atoms with van der Waals surface area (Å²) < 4.78 is 0. The van der Waals surface area contributed by atoms with Crippen LogP contribution in [0.25, 0.3) is 0 Å². The average Bonchev–Trinajstić information content (AvgIpc) is 3.44. The summed E-state index contributed by atoms with van der Waals surface area (Å²) in [5, 5.41) is 27.6. The highest BCUT2D eigenvalue weighted by atomic mass is 32.2. The van der Waals surface area contributed by atoms with Crippen LogP contribution in [0.5, 0.6) is 0 Å². The Morgan fingerprint density at radius 1 is 1.14 bits per heavy atom. The third-order valence-corrected chi connectivity index (χ3v) is 7.24. The molecule has 0 saturated heterocycles. The first-order valence-corrected chi connectivity index (χ1v) is 11.5. The molecule has 1 aromatic heterocycles. The van der Waals surface area contributed by atoms with Gasteiger partial charge in [0.05, 0.1) is 17.4 Å². The maximum absolute atomic E-state index is 10.2. The van der Waals surface area contributed by atoms with E-state index in [1.165, 1.54) is 18.4 Å². The van der Waals surface area contributed by atoms with E-state index in [9.17, 15) is 10.2 Å². The van der Waals surface area contributed by atoms with Gasteiger partial charge in [-0.25, -0.2) is 9.98 Å². The molecule has 2 aliphatic carbocycles. The van der Waals surface area contributed by atoms with E-state index in [1.54, 1.807) is 11.8 Å². The first kappa shape index (κ1) is 20.6. The summed E-state index contributed by atoms with van der Waals surface area (Å²) in [5.74, 6) is 2.98. The van der Waals surface area contributed by atoms with Gasteiger partial charge in [-0.2, -0.15) is 4.98 Å². The number of nitrogens with zero attached hydrogens (tertiary/aromatic N) is 3. The number of hydrogen-bond acceptors (Lipinski definition) is 8. The molecule has 0 bridgehead atoms. The Kier molecular flexibility index (Phi) is 6.13. The topological polar surface area (TPSA) is 103 Å². The molecule has 0 aromatic carbocycles. The lowest BCUT2D eigenvalue weighted by Gasteiger charge is -2.21. The number of hydrogen-bond donors (Lipinski definition) is 4. The fourth-order valence-electron chi connectivity index (χ4n) is 3.87. The van der Waals surface area contributed by atoms with Crippen LogP contribution in [-0.4, -0.2) is 56.3 Å². The molecule has 29 heavy (non-hydrogen) atoms. The predicted octanol–water partition coefficient (Wildman–Crippen LogP) is 2.94. The summed E-state index contributed by atoms with van der Waals surface area (Å²) in [5.41, 5.74) is 4.19. The second-order valence-corrected chi connectivity index (χ2v) is 9.54. The summed E-state index contributed by atoms with van der Waals surface area (Å²) >= 11 is 1.72. The van der Waals surface area contributed by atoms with Crippen molar-refractivity contribution in [2.45, 2.75) is 58.6 Å². The Hall–Kier alpha value is -1.64. The quantitative estimate of drug-likeness (QED) is 0.541. The van der Waals surface area contributed by atoms with Gasteiger partial charge in [-0.1, -0.05) is 0 Å². The second-order valence-electron chi connectivity index (χ2n) is 8.57. The SMILES string of the molecule is CC1=C(C)N=C(c2c(C)nc(NCC3CC3)nc2NC2CC(CO)[C@@H](O)C2)SC1. The fraction of sp³-hybridized carbons (Fsp3) is 0.667. The molecule has 2 fully saturated rings. The Labute approximate surface area is 176 Å². The fourth-order valence-corrected chi connectivity index (χ4v) is 5.02. The molecule has 3 atom stereocenters. The van der Waals surface area contributed by atoms with Gasteiger partial charge < -0.3 is 20.8 Å². The molecule has 0 radical (unpaired) electrons. The van der Waals surface area contributed by atoms with E-state index in [0.29, 0.717) is 12.4 Å². The summed E-state index contributed by atoms with van der Waals surface area (Å²) in [6, 6.07) is 0.0686. The van der Waals surface area contributed by atoms with Crippen LogP contribution in [-0.2, 0) is 0 Å². The smallest absolute Gasteiger partial charge is 0.224 e. The third-order valence-electron chi connectivity index (χ3n) is 6.09. The zero-order chi connectivity index (χ0) is 20.5. The van der Waals surface area contributed by atoms with Crippen molar-refractivity contribution >= 4 is 28.6 Å². The Balaban J connectivity index is 1.64. The van der Waals surface area contributed by atoms with Crippen molar-refractivity contribution < 1.29 is 10.2 Å². The minimum Gasteiger partial charge on any atom is -0.396 e. The van der Waals surface area contributed by atoms with Crippen molar-refractivity contribution in [3.63, 3.8) is 0 Å². The van der Waals surface area contributed by atoms with Gasteiger partial charge in [-0.15, -0.1) is 11.8 Å². The summed E-state index contributed by atoms with van der Waals surface area (Å²) in [4.78, 5) is 14.3. The number of thioether (sulfide) groups is 1. The van der Waals surface area contributed by atoms with Crippen molar-refractivity contribution in [2.75, 3.05) is 29.5 Å². The molecule has 8 heteroatoms. The molecule has 2 saturated carbocycles. The Morgan fingerprint density at radius 2 is 1.93 bits per heavy atom. The second kappa shape index (κ2) is 8.62. The molecule has 0 amide bonds. The Bertz CT molecular complexity index is 837. The van der Waals surface area contributed by atoms with Gasteiger partial charge in [0.1, 0.15) is 10.9 Å². The van der Waals surface area contributed by atoms with Gasteiger partial charge >= 0.3 is 0 Å². The largest absolute Gasteiger partial charge is 0.396 e. The lowest BCUT2D eigenvalue weighted by atomic mass is 10.1. The van der Waals surface area contributed by atoms with Crippen molar-refractivity contribution in [3.8, 4) is 0 Å². The van der Waals surface area contributed by atoms with Gasteiger partial charge in [-0.3, -0.25) is 0 Å². The molecular weight excluding hydrogens is 386 g/mol. The van der Waals surface area contributed by atoms with Crippen molar-refractivity contribution in [1.29, 1.82) is 0 Å². The van der Waals surface area contributed by atoms with Gasteiger partial charge in [0, 0.05) is 36.6 Å². The van der Waals surface area contributed by atoms with Gasteiger partial charge in [0.2, 0.25) is 5.95 Å². The maximum atomic E-state index is 10.2. The lowest BCUT2D eigenvalue weighted by molar-refractivity contribution is 0.0908. The molecular formula is C21H31N5O2S.